The minimum absolute atomic E-state index is 0.522. The third-order valence-corrected chi connectivity index (χ3v) is 6.11. The van der Waals surface area contributed by atoms with Crippen LogP contribution in [0.15, 0.2) is 30.6 Å². The number of pyridine rings is 1. The van der Waals surface area contributed by atoms with Gasteiger partial charge in [0.1, 0.15) is 0 Å². The van der Waals surface area contributed by atoms with Crippen LogP contribution >= 0.6 is 0 Å². The number of aryl methyl sites for hydroxylation is 1. The third kappa shape index (κ3) is 4.46. The first-order valence-electron chi connectivity index (χ1n) is 8.89. The molecule has 2 aromatic heterocycles. The number of aromatic nitrogens is 3. The van der Waals surface area contributed by atoms with Crippen LogP contribution in [0.5, 0.6) is 0 Å². The van der Waals surface area contributed by atoms with Gasteiger partial charge < -0.3 is 0 Å². The van der Waals surface area contributed by atoms with Gasteiger partial charge in [-0.2, -0.15) is 5.10 Å². The Hall–Kier alpha value is -1.73. The normalized spacial score (nSPS) is 17.0. The van der Waals surface area contributed by atoms with E-state index >= 15 is 0 Å². The van der Waals surface area contributed by atoms with Crippen molar-refractivity contribution in [2.75, 3.05) is 19.3 Å². The lowest BCUT2D eigenvalue weighted by Gasteiger charge is -2.30. The molecule has 1 aliphatic rings. The summed E-state index contributed by atoms with van der Waals surface area (Å²) in [5, 5.41) is 4.37. The summed E-state index contributed by atoms with van der Waals surface area (Å²) in [4.78, 5) is 4.51. The summed E-state index contributed by atoms with van der Waals surface area (Å²) < 4.78 is 26.8. The number of nitrogens with zero attached hydrogens (tertiary/aromatic N) is 4. The van der Waals surface area contributed by atoms with Gasteiger partial charge in [-0.25, -0.2) is 12.7 Å². The van der Waals surface area contributed by atoms with Crippen molar-refractivity contribution in [2.24, 2.45) is 5.92 Å². The summed E-state index contributed by atoms with van der Waals surface area (Å²) in [5.74, 6) is 0.522. The van der Waals surface area contributed by atoms with Crippen LogP contribution < -0.4 is 0 Å². The second-order valence-corrected chi connectivity index (χ2v) is 8.78. The fourth-order valence-electron chi connectivity index (χ4n) is 3.46. The molecule has 0 N–H and O–H groups in total. The molecule has 7 heteroatoms. The van der Waals surface area contributed by atoms with Crippen LogP contribution in [-0.2, 0) is 23.0 Å². The van der Waals surface area contributed by atoms with Gasteiger partial charge in [0, 0.05) is 32.0 Å². The molecule has 1 fully saturated rings. The van der Waals surface area contributed by atoms with E-state index in [9.17, 15) is 8.42 Å². The first-order valence-corrected chi connectivity index (χ1v) is 10.7. The van der Waals surface area contributed by atoms with E-state index in [0.29, 0.717) is 19.0 Å². The standard InChI is InChI=1S/C18H26N4O2S/c1-3-10-22-18(5-9-20-22)17-14-16(4-8-19-17)13-15-6-11-21(12-7-15)25(2,23)24/h4-5,8-9,14-15H,3,6-7,10-13H2,1-2H3. The van der Waals surface area contributed by atoms with Gasteiger partial charge in [-0.15, -0.1) is 0 Å². The van der Waals surface area contributed by atoms with Crippen LogP contribution in [0.3, 0.4) is 0 Å². The van der Waals surface area contributed by atoms with Crippen LogP contribution in [0, 0.1) is 5.92 Å². The first kappa shape index (κ1) is 18.1. The minimum Gasteiger partial charge on any atom is -0.263 e. The second-order valence-electron chi connectivity index (χ2n) is 6.80. The van der Waals surface area contributed by atoms with E-state index in [0.717, 1.165) is 43.6 Å². The maximum Gasteiger partial charge on any atom is 0.211 e. The highest BCUT2D eigenvalue weighted by atomic mass is 32.2. The topological polar surface area (TPSA) is 68.1 Å². The van der Waals surface area contributed by atoms with Crippen molar-refractivity contribution in [3.63, 3.8) is 0 Å². The Morgan fingerprint density at radius 2 is 1.96 bits per heavy atom. The predicted molar refractivity (Wildman–Crippen MR) is 98.6 cm³/mol. The van der Waals surface area contributed by atoms with E-state index in [2.05, 4.69) is 29.1 Å². The summed E-state index contributed by atoms with van der Waals surface area (Å²) in [6.07, 6.45) is 8.81. The lowest BCUT2D eigenvalue weighted by molar-refractivity contribution is 0.274. The predicted octanol–water partition coefficient (Wildman–Crippen LogP) is 2.57. The Labute approximate surface area is 149 Å². The summed E-state index contributed by atoms with van der Waals surface area (Å²) in [7, 11) is -3.06. The van der Waals surface area contributed by atoms with Gasteiger partial charge in [-0.3, -0.25) is 9.67 Å². The second kappa shape index (κ2) is 7.66. The molecule has 3 rings (SSSR count). The van der Waals surface area contributed by atoms with E-state index in [4.69, 9.17) is 0 Å². The number of piperidine rings is 1. The van der Waals surface area contributed by atoms with Crippen LogP contribution in [0.2, 0.25) is 0 Å². The van der Waals surface area contributed by atoms with Crippen LogP contribution in [0.1, 0.15) is 31.7 Å². The molecule has 0 saturated carbocycles. The Balaban J connectivity index is 1.68. The molecule has 0 bridgehead atoms. The largest absolute Gasteiger partial charge is 0.263 e. The number of hydrogen-bond donors (Lipinski definition) is 0. The Morgan fingerprint density at radius 3 is 2.64 bits per heavy atom. The van der Waals surface area contributed by atoms with Gasteiger partial charge in [0.15, 0.2) is 0 Å². The average molecular weight is 362 g/mol. The highest BCUT2D eigenvalue weighted by molar-refractivity contribution is 7.88. The fourth-order valence-corrected chi connectivity index (χ4v) is 4.33. The lowest BCUT2D eigenvalue weighted by atomic mass is 9.91. The van der Waals surface area contributed by atoms with Crippen LogP contribution in [0.4, 0.5) is 0 Å². The van der Waals surface area contributed by atoms with Gasteiger partial charge in [-0.1, -0.05) is 6.92 Å². The van der Waals surface area contributed by atoms with Crippen LogP contribution in [0.25, 0.3) is 11.4 Å². The first-order chi connectivity index (χ1) is 12.0. The van der Waals surface area contributed by atoms with E-state index in [1.165, 1.54) is 11.8 Å². The van der Waals surface area contributed by atoms with Gasteiger partial charge in [0.05, 0.1) is 17.6 Å². The molecule has 1 aliphatic heterocycles. The molecule has 136 valence electrons. The number of hydrogen-bond acceptors (Lipinski definition) is 4. The van der Waals surface area contributed by atoms with Gasteiger partial charge in [0.2, 0.25) is 10.0 Å². The minimum atomic E-state index is -3.06. The molecule has 0 aliphatic carbocycles. The van der Waals surface area contributed by atoms with Gasteiger partial charge >= 0.3 is 0 Å². The zero-order chi connectivity index (χ0) is 17.9. The molecule has 0 spiro atoms. The maximum atomic E-state index is 11.6. The highest BCUT2D eigenvalue weighted by Crippen LogP contribution is 2.25. The molecule has 3 heterocycles. The summed E-state index contributed by atoms with van der Waals surface area (Å²) in [5.41, 5.74) is 3.26. The monoisotopic (exact) mass is 362 g/mol. The van der Waals surface area contributed by atoms with Crippen LogP contribution in [-0.4, -0.2) is 46.8 Å². The smallest absolute Gasteiger partial charge is 0.211 e. The van der Waals surface area contributed by atoms with Crippen molar-refractivity contribution in [2.45, 2.75) is 39.2 Å². The molecule has 0 atom stereocenters. The molecule has 6 nitrogen and oxygen atoms in total. The molecule has 2 aromatic rings. The average Bonchev–Trinajstić information content (AvgIpc) is 3.03. The van der Waals surface area contributed by atoms with E-state index in [-0.39, 0.29) is 0 Å². The lowest BCUT2D eigenvalue weighted by Crippen LogP contribution is -2.38. The van der Waals surface area contributed by atoms with E-state index in [1.54, 1.807) is 4.31 Å². The Morgan fingerprint density at radius 1 is 1.20 bits per heavy atom. The summed E-state index contributed by atoms with van der Waals surface area (Å²) in [6, 6.07) is 6.21. The van der Waals surface area contributed by atoms with Crippen molar-refractivity contribution in [3.8, 4) is 11.4 Å². The number of sulfonamides is 1. The van der Waals surface area contributed by atoms with Crippen molar-refractivity contribution in [1.82, 2.24) is 19.1 Å². The maximum absolute atomic E-state index is 11.6. The molecule has 0 aromatic carbocycles. The molecular formula is C18H26N4O2S. The summed E-state index contributed by atoms with van der Waals surface area (Å²) in [6.45, 7) is 4.28. The van der Waals surface area contributed by atoms with Gasteiger partial charge in [-0.05, 0) is 55.4 Å². The summed E-state index contributed by atoms with van der Waals surface area (Å²) >= 11 is 0. The molecule has 0 amide bonds. The van der Waals surface area contributed by atoms with E-state index < -0.39 is 10.0 Å². The van der Waals surface area contributed by atoms with Crippen molar-refractivity contribution < 1.29 is 8.42 Å². The van der Waals surface area contributed by atoms with Crippen molar-refractivity contribution >= 4 is 10.0 Å². The SMILES string of the molecule is CCCn1nccc1-c1cc(CC2CCN(S(C)(=O)=O)CC2)ccn1. The quantitative estimate of drug-likeness (QED) is 0.792. The molecule has 25 heavy (non-hydrogen) atoms. The molecule has 0 radical (unpaired) electrons. The zero-order valence-corrected chi connectivity index (χ0v) is 15.7. The third-order valence-electron chi connectivity index (χ3n) is 4.81. The molecule has 1 saturated heterocycles. The molecule has 0 unspecified atom stereocenters. The zero-order valence-electron chi connectivity index (χ0n) is 14.9. The number of rotatable bonds is 6. The Bertz CT molecular complexity index is 808. The Kier molecular flexibility index (Phi) is 5.54. The van der Waals surface area contributed by atoms with Gasteiger partial charge in [0.25, 0.3) is 0 Å². The van der Waals surface area contributed by atoms with E-state index in [1.807, 2.05) is 23.1 Å². The van der Waals surface area contributed by atoms with Crippen molar-refractivity contribution in [3.05, 3.63) is 36.2 Å². The molecular weight excluding hydrogens is 336 g/mol. The highest BCUT2D eigenvalue weighted by Gasteiger charge is 2.25. The van der Waals surface area contributed by atoms with Crippen molar-refractivity contribution in [1.29, 1.82) is 0 Å². The fraction of sp³-hybridized carbons (Fsp3) is 0.556.